The van der Waals surface area contributed by atoms with Gasteiger partial charge < -0.3 is 25.1 Å². The molecule has 2 aliphatic rings. The van der Waals surface area contributed by atoms with Crippen LogP contribution in [0.15, 0.2) is 81.7 Å². The summed E-state index contributed by atoms with van der Waals surface area (Å²) in [5, 5.41) is 21.9. The molecule has 1 atom stereocenters. The van der Waals surface area contributed by atoms with Gasteiger partial charge in [-0.05, 0) is 54.7 Å². The lowest BCUT2D eigenvalue weighted by Crippen LogP contribution is -2.38. The normalized spacial score (nSPS) is 16.6. The summed E-state index contributed by atoms with van der Waals surface area (Å²) in [7, 11) is 3.22. The van der Waals surface area contributed by atoms with E-state index in [9.17, 15) is 14.7 Å². The van der Waals surface area contributed by atoms with Gasteiger partial charge >= 0.3 is 0 Å². The molecule has 0 saturated carbocycles. The number of alkyl halides is 1. The Bertz CT molecular complexity index is 1780. The number of allylic oxidation sites excluding steroid dienone is 4. The molecule has 11 heteroatoms. The van der Waals surface area contributed by atoms with Crippen LogP contribution < -0.4 is 21.4 Å². The molecule has 0 unspecified atom stereocenters. The fourth-order valence-corrected chi connectivity index (χ4v) is 5.42. The summed E-state index contributed by atoms with van der Waals surface area (Å²) >= 11 is 0. The summed E-state index contributed by atoms with van der Waals surface area (Å²) in [6.07, 6.45) is 5.68. The van der Waals surface area contributed by atoms with E-state index < -0.39 is 11.6 Å². The molecule has 0 saturated heterocycles. The Morgan fingerprint density at radius 2 is 1.93 bits per heavy atom. The van der Waals surface area contributed by atoms with Crippen LogP contribution in [0.4, 0.5) is 21.6 Å². The number of hydrogen-bond donors (Lipinski definition) is 3. The van der Waals surface area contributed by atoms with E-state index in [1.54, 1.807) is 63.0 Å². The first kappa shape index (κ1) is 31.6. The van der Waals surface area contributed by atoms with Crippen LogP contribution in [0.3, 0.4) is 0 Å². The number of rotatable bonds is 7. The summed E-state index contributed by atoms with van der Waals surface area (Å²) in [4.78, 5) is 35.8. The Morgan fingerprint density at radius 1 is 1.18 bits per heavy atom. The average molecular weight is 615 g/mol. The third-order valence-electron chi connectivity index (χ3n) is 8.30. The van der Waals surface area contributed by atoms with E-state index >= 15 is 4.39 Å². The van der Waals surface area contributed by atoms with E-state index in [0.29, 0.717) is 33.8 Å². The molecule has 0 bridgehead atoms. The molecule has 2 aromatic heterocycles. The van der Waals surface area contributed by atoms with Crippen molar-refractivity contribution in [3.8, 4) is 11.1 Å². The molecule has 3 heterocycles. The Hall–Kier alpha value is -4.77. The predicted octanol–water partition coefficient (Wildman–Crippen LogP) is 5.41. The lowest BCUT2D eigenvalue weighted by Gasteiger charge is -2.33. The molecule has 10 nitrogen and oxygen atoms in total. The first-order chi connectivity index (χ1) is 21.2. The van der Waals surface area contributed by atoms with Gasteiger partial charge in [-0.3, -0.25) is 9.59 Å². The number of likely N-dealkylation sites (N-methyl/N-ethyl adjacent to an activating group) is 1. The fourth-order valence-electron chi connectivity index (χ4n) is 5.42. The zero-order valence-corrected chi connectivity index (χ0v) is 26.6. The second-order valence-corrected chi connectivity index (χ2v) is 12.8. The highest BCUT2D eigenvalue weighted by atomic mass is 19.1. The number of aliphatic hydroxyl groups is 1. The first-order valence-corrected chi connectivity index (χ1v) is 14.8. The number of carbonyl (C=O) groups is 1. The third kappa shape index (κ3) is 6.12. The van der Waals surface area contributed by atoms with Crippen molar-refractivity contribution >= 4 is 29.3 Å². The largest absolute Gasteiger partial charge is 0.392 e. The van der Waals surface area contributed by atoms with Gasteiger partial charge in [-0.25, -0.2) is 9.37 Å². The molecule has 1 aromatic carbocycles. The molecule has 1 aliphatic carbocycles. The highest BCUT2D eigenvalue weighted by Gasteiger charge is 2.34. The summed E-state index contributed by atoms with van der Waals surface area (Å²) in [6.45, 7) is 9.39. The summed E-state index contributed by atoms with van der Waals surface area (Å²) in [5.41, 5.74) is 3.51. The smallest absolute Gasteiger partial charge is 0.274 e. The van der Waals surface area contributed by atoms with Crippen molar-refractivity contribution in [2.24, 2.45) is 17.6 Å². The Morgan fingerprint density at radius 3 is 2.58 bits per heavy atom. The molecule has 1 amide bonds. The van der Waals surface area contributed by atoms with Crippen molar-refractivity contribution in [3.05, 3.63) is 93.3 Å². The van der Waals surface area contributed by atoms with E-state index in [2.05, 4.69) is 20.7 Å². The van der Waals surface area contributed by atoms with Crippen LogP contribution in [0, 0.1) is 5.41 Å². The number of aromatic nitrogens is 2. The average Bonchev–Trinajstić information content (AvgIpc) is 3.01. The Kier molecular flexibility index (Phi) is 8.41. The van der Waals surface area contributed by atoms with Gasteiger partial charge in [-0.1, -0.05) is 49.7 Å². The number of aliphatic hydroxyl groups excluding tert-OH is 1. The van der Waals surface area contributed by atoms with Gasteiger partial charge in [0, 0.05) is 49.6 Å². The summed E-state index contributed by atoms with van der Waals surface area (Å²) in [6, 6.07) is 10.5. The Balaban J connectivity index is 1.46. The molecule has 0 fully saturated rings. The maximum atomic E-state index is 15.3. The van der Waals surface area contributed by atoms with Gasteiger partial charge in [-0.2, -0.15) is 0 Å². The number of pyridine rings is 2. The van der Waals surface area contributed by atoms with Crippen molar-refractivity contribution in [3.63, 3.8) is 0 Å². The van der Waals surface area contributed by atoms with Crippen molar-refractivity contribution in [2.75, 3.05) is 17.5 Å². The van der Waals surface area contributed by atoms with Gasteiger partial charge in [0.1, 0.15) is 17.2 Å². The number of aryl methyl sites for hydroxylation is 1. The van der Waals surface area contributed by atoms with Crippen molar-refractivity contribution < 1.29 is 19.1 Å². The molecule has 236 valence electrons. The predicted molar refractivity (Wildman–Crippen MR) is 174 cm³/mol. The van der Waals surface area contributed by atoms with Crippen LogP contribution in [0.5, 0.6) is 0 Å². The monoisotopic (exact) mass is 614 g/mol. The molecular weight excluding hydrogens is 575 g/mol. The van der Waals surface area contributed by atoms with E-state index in [1.807, 2.05) is 46.8 Å². The Labute approximate surface area is 261 Å². The number of hydrazone groups is 1. The fraction of sp³-hybridized carbons (Fsp3) is 0.353. The molecular formula is C34H39FN6O4. The van der Waals surface area contributed by atoms with E-state index in [1.165, 1.54) is 9.74 Å². The minimum Gasteiger partial charge on any atom is -0.392 e. The van der Waals surface area contributed by atoms with E-state index in [-0.39, 0.29) is 41.4 Å². The number of amides is 1. The maximum absolute atomic E-state index is 15.3. The number of nitrogens with one attached hydrogen (secondary N) is 2. The van der Waals surface area contributed by atoms with Crippen LogP contribution in [0.2, 0.25) is 0 Å². The van der Waals surface area contributed by atoms with Gasteiger partial charge in [0.05, 0.1) is 18.2 Å². The van der Waals surface area contributed by atoms with E-state index in [0.717, 1.165) is 11.1 Å². The standard InChI is InChI=1S/C34H39FN6O4/c1-33(2,3)23-13-20-16-38-41(45-30(20)26(35)15-23)28-10-8-9-24(25(28)19-42)21-14-27(31(43)40(7)18-21)39-29-12-11-22(17-37-29)34(4,5)32(44)36-6/h8-14,16-18,26,42H,15,19H2,1-7H3,(H,36,44)(H,37,39)/t26-/m0/s1. The lowest BCUT2D eigenvalue weighted by molar-refractivity contribution is -0.125. The van der Waals surface area contributed by atoms with Crippen LogP contribution in [-0.2, 0) is 28.7 Å². The number of halogens is 1. The molecule has 5 rings (SSSR count). The molecule has 0 spiro atoms. The molecule has 0 radical (unpaired) electrons. The maximum Gasteiger partial charge on any atom is 0.274 e. The summed E-state index contributed by atoms with van der Waals surface area (Å²) < 4.78 is 16.8. The topological polar surface area (TPSA) is 121 Å². The highest BCUT2D eigenvalue weighted by Crippen LogP contribution is 2.40. The van der Waals surface area contributed by atoms with Crippen LogP contribution in [0.1, 0.15) is 52.2 Å². The minimum atomic E-state index is -1.33. The first-order valence-electron chi connectivity index (χ1n) is 14.8. The zero-order chi connectivity index (χ0) is 32.7. The third-order valence-corrected chi connectivity index (χ3v) is 8.30. The van der Waals surface area contributed by atoms with E-state index in [4.69, 9.17) is 4.84 Å². The number of carbonyl (C=O) groups excluding carboxylic acids is 1. The SMILES string of the molecule is CNC(=O)C(C)(C)c1ccc(Nc2cc(-c3cccc(N4N=CC5=C(O4)[C@@H](F)CC(C(C)(C)C)=C5)c3CO)cn(C)c2=O)nc1. The van der Waals surface area contributed by atoms with Crippen LogP contribution in [-0.4, -0.2) is 40.0 Å². The zero-order valence-electron chi connectivity index (χ0n) is 26.6. The molecule has 45 heavy (non-hydrogen) atoms. The lowest BCUT2D eigenvalue weighted by atomic mass is 9.79. The second kappa shape index (κ2) is 12.0. The molecule has 3 N–H and O–H groups in total. The summed E-state index contributed by atoms with van der Waals surface area (Å²) in [5.74, 6) is 0.466. The number of hydrogen-bond acceptors (Lipinski definition) is 8. The van der Waals surface area contributed by atoms with Crippen molar-refractivity contribution in [2.45, 2.75) is 59.2 Å². The van der Waals surface area contributed by atoms with Gasteiger partial charge in [-0.15, -0.1) is 5.10 Å². The quantitative estimate of drug-likeness (QED) is 0.325. The van der Waals surface area contributed by atoms with Gasteiger partial charge in [0.15, 0.2) is 11.9 Å². The van der Waals surface area contributed by atoms with Crippen molar-refractivity contribution in [1.29, 1.82) is 0 Å². The molecule has 1 aliphatic heterocycles. The van der Waals surface area contributed by atoms with Crippen molar-refractivity contribution in [1.82, 2.24) is 14.9 Å². The second-order valence-electron chi connectivity index (χ2n) is 12.8. The van der Waals surface area contributed by atoms with Gasteiger partial charge in [0.25, 0.3) is 5.56 Å². The number of nitrogens with zero attached hydrogens (tertiary/aromatic N) is 4. The minimum absolute atomic E-state index is 0.138. The number of anilines is 3. The van der Waals surface area contributed by atoms with Crippen LogP contribution >= 0.6 is 0 Å². The number of benzene rings is 1. The molecule has 3 aromatic rings. The van der Waals surface area contributed by atoms with Gasteiger partial charge in [0.2, 0.25) is 5.91 Å². The highest BCUT2D eigenvalue weighted by molar-refractivity contribution is 5.87. The van der Waals surface area contributed by atoms with Crippen LogP contribution in [0.25, 0.3) is 11.1 Å².